The predicted octanol–water partition coefficient (Wildman–Crippen LogP) is 1.73. The summed E-state index contributed by atoms with van der Waals surface area (Å²) in [6, 6.07) is 0. The van der Waals surface area contributed by atoms with Crippen molar-refractivity contribution in [3.63, 3.8) is 0 Å². The van der Waals surface area contributed by atoms with Crippen LogP contribution in [0.15, 0.2) is 17.8 Å². The van der Waals surface area contributed by atoms with Gasteiger partial charge in [-0.1, -0.05) is 0 Å². The minimum Gasteiger partial charge on any atom is -0.326 e. The third kappa shape index (κ3) is 1.38. The smallest absolute Gasteiger partial charge is 0.152 e. The fourth-order valence-corrected chi connectivity index (χ4v) is 2.31. The molecule has 0 spiro atoms. The third-order valence-electron chi connectivity index (χ3n) is 1.37. The first kappa shape index (κ1) is 7.85. The number of thiazole rings is 2. The van der Waals surface area contributed by atoms with E-state index in [1.54, 1.807) is 35.1 Å². The Labute approximate surface area is 77.9 Å². The van der Waals surface area contributed by atoms with Gasteiger partial charge in [-0.05, 0) is 0 Å². The topological polar surface area (TPSA) is 51.8 Å². The van der Waals surface area contributed by atoms with Crippen molar-refractivity contribution in [2.24, 2.45) is 5.73 Å². The first-order valence-electron chi connectivity index (χ1n) is 3.45. The Bertz CT molecular complexity index is 352. The molecule has 2 rings (SSSR count). The summed E-state index contributed by atoms with van der Waals surface area (Å²) in [5, 5.41) is 3.88. The minimum absolute atomic E-state index is 0.559. The number of nitrogens with zero attached hydrogens (tertiary/aromatic N) is 2. The Kier molecular flexibility index (Phi) is 2.16. The van der Waals surface area contributed by atoms with Crippen LogP contribution in [-0.2, 0) is 6.54 Å². The summed E-state index contributed by atoms with van der Waals surface area (Å²) in [7, 11) is 0. The van der Waals surface area contributed by atoms with E-state index in [9.17, 15) is 0 Å². The number of hydrogen-bond acceptors (Lipinski definition) is 5. The highest BCUT2D eigenvalue weighted by molar-refractivity contribution is 7.20. The van der Waals surface area contributed by atoms with E-state index in [4.69, 9.17) is 5.73 Å². The fraction of sp³-hybridized carbons (Fsp3) is 0.143. The van der Waals surface area contributed by atoms with Crippen LogP contribution >= 0.6 is 22.7 Å². The van der Waals surface area contributed by atoms with E-state index in [1.807, 2.05) is 5.38 Å². The van der Waals surface area contributed by atoms with Crippen molar-refractivity contribution in [3.05, 3.63) is 22.7 Å². The molecule has 0 aromatic carbocycles. The standard InChI is InChI=1S/C7H7N3S2/c8-3-5-4-10-7(12-5)6-9-1-2-11-6/h1-2,4H,3,8H2. The molecule has 0 fully saturated rings. The summed E-state index contributed by atoms with van der Waals surface area (Å²) >= 11 is 3.20. The van der Waals surface area contributed by atoms with E-state index in [0.29, 0.717) is 6.54 Å². The molecule has 0 saturated carbocycles. The summed E-state index contributed by atoms with van der Waals surface area (Å²) < 4.78 is 0. The highest BCUT2D eigenvalue weighted by Gasteiger charge is 2.04. The third-order valence-corrected chi connectivity index (χ3v) is 3.31. The summed E-state index contributed by atoms with van der Waals surface area (Å²) in [5.41, 5.74) is 5.47. The maximum atomic E-state index is 5.47. The molecule has 2 aromatic rings. The molecule has 0 bridgehead atoms. The molecule has 0 aliphatic heterocycles. The summed E-state index contributed by atoms with van der Waals surface area (Å²) in [6.07, 6.45) is 3.59. The molecule has 2 N–H and O–H groups in total. The van der Waals surface area contributed by atoms with Crippen molar-refractivity contribution in [1.82, 2.24) is 9.97 Å². The molecule has 0 saturated heterocycles. The Morgan fingerprint density at radius 2 is 2.25 bits per heavy atom. The molecule has 0 unspecified atom stereocenters. The first-order valence-corrected chi connectivity index (χ1v) is 5.14. The maximum absolute atomic E-state index is 5.47. The lowest BCUT2D eigenvalue weighted by molar-refractivity contribution is 1.10. The van der Waals surface area contributed by atoms with Crippen LogP contribution in [-0.4, -0.2) is 9.97 Å². The quantitative estimate of drug-likeness (QED) is 0.797. The Morgan fingerprint density at radius 1 is 1.33 bits per heavy atom. The van der Waals surface area contributed by atoms with Crippen LogP contribution in [0.1, 0.15) is 4.88 Å². The van der Waals surface area contributed by atoms with Crippen LogP contribution < -0.4 is 5.73 Å². The average molecular weight is 197 g/mol. The van der Waals surface area contributed by atoms with Crippen LogP contribution in [0.2, 0.25) is 0 Å². The zero-order valence-corrected chi connectivity index (χ0v) is 7.86. The Hall–Kier alpha value is -0.780. The van der Waals surface area contributed by atoms with Gasteiger partial charge in [-0.15, -0.1) is 22.7 Å². The van der Waals surface area contributed by atoms with Crippen molar-refractivity contribution in [3.8, 4) is 10.0 Å². The molecular formula is C7H7N3S2. The van der Waals surface area contributed by atoms with Crippen LogP contribution in [0.3, 0.4) is 0 Å². The molecule has 0 aliphatic rings. The first-order chi connectivity index (χ1) is 5.90. The second kappa shape index (κ2) is 3.30. The van der Waals surface area contributed by atoms with E-state index in [1.165, 1.54) is 0 Å². The van der Waals surface area contributed by atoms with Gasteiger partial charge in [0.2, 0.25) is 0 Å². The van der Waals surface area contributed by atoms with Crippen molar-refractivity contribution < 1.29 is 0 Å². The van der Waals surface area contributed by atoms with E-state index in [2.05, 4.69) is 9.97 Å². The van der Waals surface area contributed by atoms with Gasteiger partial charge in [0.15, 0.2) is 10.0 Å². The van der Waals surface area contributed by atoms with Gasteiger partial charge in [-0.25, -0.2) is 9.97 Å². The van der Waals surface area contributed by atoms with E-state index in [-0.39, 0.29) is 0 Å². The van der Waals surface area contributed by atoms with Gasteiger partial charge in [-0.2, -0.15) is 0 Å². The molecule has 3 nitrogen and oxygen atoms in total. The Morgan fingerprint density at radius 3 is 2.83 bits per heavy atom. The lowest BCUT2D eigenvalue weighted by Gasteiger charge is -1.84. The van der Waals surface area contributed by atoms with E-state index in [0.717, 1.165) is 14.9 Å². The van der Waals surface area contributed by atoms with Gasteiger partial charge in [0.05, 0.1) is 0 Å². The SMILES string of the molecule is NCc1cnc(-c2nccs2)s1. The van der Waals surface area contributed by atoms with Crippen LogP contribution in [0.5, 0.6) is 0 Å². The number of aromatic nitrogens is 2. The maximum Gasteiger partial charge on any atom is 0.152 e. The molecular weight excluding hydrogens is 190 g/mol. The highest BCUT2D eigenvalue weighted by Crippen LogP contribution is 2.26. The highest BCUT2D eigenvalue weighted by atomic mass is 32.1. The molecule has 0 aliphatic carbocycles. The lowest BCUT2D eigenvalue weighted by atomic mass is 10.6. The van der Waals surface area contributed by atoms with Gasteiger partial charge in [0.1, 0.15) is 0 Å². The van der Waals surface area contributed by atoms with Crippen LogP contribution in [0, 0.1) is 0 Å². The monoisotopic (exact) mass is 197 g/mol. The van der Waals surface area contributed by atoms with Gasteiger partial charge < -0.3 is 5.73 Å². The average Bonchev–Trinajstić information content (AvgIpc) is 2.75. The largest absolute Gasteiger partial charge is 0.326 e. The summed E-state index contributed by atoms with van der Waals surface area (Å²) in [6.45, 7) is 0.559. The van der Waals surface area contributed by atoms with Crippen molar-refractivity contribution in [2.75, 3.05) is 0 Å². The van der Waals surface area contributed by atoms with Crippen molar-refractivity contribution in [2.45, 2.75) is 6.54 Å². The molecule has 2 heterocycles. The zero-order valence-electron chi connectivity index (χ0n) is 6.23. The number of rotatable bonds is 2. The molecule has 62 valence electrons. The van der Waals surface area contributed by atoms with Crippen molar-refractivity contribution >= 4 is 22.7 Å². The molecule has 5 heteroatoms. The van der Waals surface area contributed by atoms with Crippen LogP contribution in [0.25, 0.3) is 10.0 Å². The van der Waals surface area contributed by atoms with Gasteiger partial charge >= 0.3 is 0 Å². The Balaban J connectivity index is 2.35. The number of nitrogens with two attached hydrogens (primary N) is 1. The van der Waals surface area contributed by atoms with Gasteiger partial charge in [-0.3, -0.25) is 0 Å². The minimum atomic E-state index is 0.559. The van der Waals surface area contributed by atoms with Gasteiger partial charge in [0.25, 0.3) is 0 Å². The fourth-order valence-electron chi connectivity index (χ4n) is 0.830. The predicted molar refractivity (Wildman–Crippen MR) is 51.1 cm³/mol. The lowest BCUT2D eigenvalue weighted by Crippen LogP contribution is -1.91. The second-order valence-electron chi connectivity index (χ2n) is 2.17. The molecule has 0 amide bonds. The van der Waals surface area contributed by atoms with E-state index < -0.39 is 0 Å². The van der Waals surface area contributed by atoms with E-state index >= 15 is 0 Å². The zero-order chi connectivity index (χ0) is 8.39. The van der Waals surface area contributed by atoms with Crippen molar-refractivity contribution in [1.29, 1.82) is 0 Å². The second-order valence-corrected chi connectivity index (χ2v) is 4.18. The molecule has 0 radical (unpaired) electrons. The van der Waals surface area contributed by atoms with Gasteiger partial charge in [0, 0.05) is 29.2 Å². The van der Waals surface area contributed by atoms with Crippen LogP contribution in [0.4, 0.5) is 0 Å². The summed E-state index contributed by atoms with van der Waals surface area (Å²) in [4.78, 5) is 9.47. The normalized spacial score (nSPS) is 10.4. The molecule has 12 heavy (non-hydrogen) atoms. The molecule has 0 atom stereocenters. The number of hydrogen-bond donors (Lipinski definition) is 1. The summed E-state index contributed by atoms with van der Waals surface area (Å²) in [5.74, 6) is 0. The molecule has 2 aromatic heterocycles.